The van der Waals surface area contributed by atoms with E-state index in [1.807, 2.05) is 30.5 Å². The van der Waals surface area contributed by atoms with Gasteiger partial charge in [-0.05, 0) is 58.1 Å². The van der Waals surface area contributed by atoms with Crippen molar-refractivity contribution in [3.8, 4) is 10.6 Å². The van der Waals surface area contributed by atoms with E-state index >= 15 is 0 Å². The Kier molecular flexibility index (Phi) is 9.14. The molecule has 5 rings (SSSR count). The van der Waals surface area contributed by atoms with Gasteiger partial charge in [-0.25, -0.2) is 11.3 Å². The van der Waals surface area contributed by atoms with Gasteiger partial charge in [-0.2, -0.15) is 0 Å². The number of hydrogen-bond acceptors (Lipinski definition) is 4. The summed E-state index contributed by atoms with van der Waals surface area (Å²) < 4.78 is 1.26. The van der Waals surface area contributed by atoms with E-state index in [0.717, 1.165) is 23.4 Å². The third-order valence-electron chi connectivity index (χ3n) is 7.91. The standard InChI is InChI=1S/C16H30O2.C13H8NS.Ir/c1-15(2)9-5-7-11-8-6-10-16(3,4)14(18)12(11)13(15)17;1-2-7-12-10(5-1)9-13(15-12)11-6-3-4-8-14-11;/h11-14,17-18H,5-10H2,1-4H3;1-8H;/q;-1;. The number of aliphatic hydroxyl groups is 2. The average Bonchev–Trinajstić information content (AvgIpc) is 3.15. The van der Waals surface area contributed by atoms with E-state index in [-0.39, 0.29) is 49.1 Å². The van der Waals surface area contributed by atoms with E-state index in [4.69, 9.17) is 0 Å². The molecule has 2 N–H and O–H groups in total. The molecule has 5 heteroatoms. The summed E-state index contributed by atoms with van der Waals surface area (Å²) in [6, 6.07) is 17.6. The van der Waals surface area contributed by atoms with Crippen molar-refractivity contribution >= 4 is 21.4 Å². The Morgan fingerprint density at radius 1 is 0.882 bits per heavy atom. The second-order valence-electron chi connectivity index (χ2n) is 11.3. The van der Waals surface area contributed by atoms with Gasteiger partial charge in [0.15, 0.2) is 0 Å². The molecule has 2 unspecified atom stereocenters. The van der Waals surface area contributed by atoms with Crippen LogP contribution in [0, 0.1) is 28.7 Å². The molecule has 34 heavy (non-hydrogen) atoms. The maximum Gasteiger partial charge on any atom is 0.0646 e. The van der Waals surface area contributed by atoms with Crippen LogP contribution in [0.3, 0.4) is 0 Å². The first-order valence-electron chi connectivity index (χ1n) is 12.4. The van der Waals surface area contributed by atoms with Crippen molar-refractivity contribution < 1.29 is 30.3 Å². The van der Waals surface area contributed by atoms with Gasteiger partial charge in [0.1, 0.15) is 0 Å². The van der Waals surface area contributed by atoms with E-state index in [1.54, 1.807) is 11.3 Å². The summed E-state index contributed by atoms with van der Waals surface area (Å²) in [5.41, 5.74) is 0.889. The predicted octanol–water partition coefficient (Wildman–Crippen LogP) is 7.12. The molecule has 2 aliphatic carbocycles. The smallest absolute Gasteiger partial charge is 0.0646 e. The van der Waals surface area contributed by atoms with Crippen molar-refractivity contribution in [3.05, 3.63) is 54.7 Å². The number of aromatic nitrogens is 1. The van der Waals surface area contributed by atoms with E-state index < -0.39 is 0 Å². The van der Waals surface area contributed by atoms with Crippen molar-refractivity contribution in [2.24, 2.45) is 22.7 Å². The van der Waals surface area contributed by atoms with Crippen LogP contribution in [0.2, 0.25) is 0 Å². The number of nitrogens with zero attached hydrogens (tertiary/aromatic N) is 1. The Bertz CT molecular complexity index is 987. The van der Waals surface area contributed by atoms with Crippen molar-refractivity contribution in [3.63, 3.8) is 0 Å². The van der Waals surface area contributed by atoms with Crippen molar-refractivity contribution in [1.29, 1.82) is 0 Å². The molecule has 0 aliphatic heterocycles. The summed E-state index contributed by atoms with van der Waals surface area (Å²) in [5.74, 6) is 0.582. The average molecular weight is 657 g/mol. The molecule has 0 spiro atoms. The summed E-state index contributed by atoms with van der Waals surface area (Å²) in [6.07, 6.45) is 7.98. The van der Waals surface area contributed by atoms with E-state index in [2.05, 4.69) is 56.9 Å². The monoisotopic (exact) mass is 657 g/mol. The zero-order chi connectivity index (χ0) is 23.6. The van der Waals surface area contributed by atoms with Crippen LogP contribution in [0.15, 0.2) is 48.7 Å². The van der Waals surface area contributed by atoms with Crippen LogP contribution in [0.1, 0.15) is 66.2 Å². The third kappa shape index (κ3) is 5.99. The fraction of sp³-hybridized carbons (Fsp3) is 0.552. The summed E-state index contributed by atoms with van der Waals surface area (Å²) in [5, 5.41) is 22.7. The van der Waals surface area contributed by atoms with Gasteiger partial charge in [0.2, 0.25) is 0 Å². The minimum Gasteiger partial charge on any atom is -0.392 e. The maximum atomic E-state index is 10.8. The molecule has 1 aromatic carbocycles. The summed E-state index contributed by atoms with van der Waals surface area (Å²) >= 11 is 1.73. The number of pyridine rings is 1. The van der Waals surface area contributed by atoms with Gasteiger partial charge in [0, 0.05) is 37.9 Å². The van der Waals surface area contributed by atoms with Gasteiger partial charge < -0.3 is 15.2 Å². The van der Waals surface area contributed by atoms with E-state index in [9.17, 15) is 10.2 Å². The predicted molar refractivity (Wildman–Crippen MR) is 138 cm³/mol. The largest absolute Gasteiger partial charge is 0.392 e. The van der Waals surface area contributed by atoms with Crippen LogP contribution in [0.4, 0.5) is 0 Å². The molecular weight excluding hydrogens is 619 g/mol. The molecule has 2 aliphatic rings. The molecule has 2 heterocycles. The number of benzene rings is 1. The summed E-state index contributed by atoms with van der Waals surface area (Å²) in [6.45, 7) is 8.63. The van der Waals surface area contributed by atoms with Crippen LogP contribution < -0.4 is 0 Å². The molecule has 0 amide bonds. The third-order valence-corrected chi connectivity index (χ3v) is 9.00. The summed E-state index contributed by atoms with van der Waals surface area (Å²) in [4.78, 5) is 5.43. The van der Waals surface area contributed by atoms with Crippen molar-refractivity contribution in [1.82, 2.24) is 4.98 Å². The van der Waals surface area contributed by atoms with Gasteiger partial charge in [-0.3, -0.25) is 0 Å². The Hall–Kier alpha value is -1.10. The number of thiophene rings is 1. The van der Waals surface area contributed by atoms with Crippen molar-refractivity contribution in [2.75, 3.05) is 0 Å². The Labute approximate surface area is 222 Å². The first-order chi connectivity index (χ1) is 15.7. The molecule has 2 atom stereocenters. The molecule has 3 nitrogen and oxygen atoms in total. The number of aliphatic hydroxyl groups excluding tert-OH is 2. The second kappa shape index (κ2) is 11.3. The van der Waals surface area contributed by atoms with E-state index in [0.29, 0.717) is 5.92 Å². The number of fused-ring (bicyclic) bond motifs is 2. The zero-order valence-electron chi connectivity index (χ0n) is 20.8. The van der Waals surface area contributed by atoms with Gasteiger partial charge in [-0.1, -0.05) is 64.8 Å². The van der Waals surface area contributed by atoms with Crippen LogP contribution in [-0.4, -0.2) is 27.4 Å². The molecule has 2 aromatic heterocycles. The number of rotatable bonds is 1. The fourth-order valence-electron chi connectivity index (χ4n) is 5.73. The first kappa shape index (κ1) is 27.5. The Morgan fingerprint density at radius 3 is 2.03 bits per heavy atom. The maximum absolute atomic E-state index is 10.8. The van der Waals surface area contributed by atoms with Crippen LogP contribution in [-0.2, 0) is 20.1 Å². The van der Waals surface area contributed by atoms with E-state index in [1.165, 1.54) is 35.8 Å². The van der Waals surface area contributed by atoms with Gasteiger partial charge >= 0.3 is 0 Å². The SMILES string of the molecule is CC1(C)CCCC2CCCC(C)(C)C(O)C2C1O.[Ir].[c-]1c(-c2ccccn2)sc2ccccc12. The first-order valence-corrected chi connectivity index (χ1v) is 13.2. The molecule has 2 fully saturated rings. The topological polar surface area (TPSA) is 53.4 Å². The van der Waals surface area contributed by atoms with Gasteiger partial charge in [0.05, 0.1) is 12.2 Å². The quantitative estimate of drug-likeness (QED) is 0.275. The minimum absolute atomic E-state index is 0. The molecule has 3 aromatic rings. The molecule has 0 bridgehead atoms. The minimum atomic E-state index is -0.364. The molecule has 0 saturated heterocycles. The second-order valence-corrected chi connectivity index (χ2v) is 12.3. The van der Waals surface area contributed by atoms with Gasteiger partial charge in [0.25, 0.3) is 0 Å². The Morgan fingerprint density at radius 2 is 1.47 bits per heavy atom. The molecule has 1 radical (unpaired) electrons. The van der Waals surface area contributed by atoms with Crippen LogP contribution in [0.5, 0.6) is 0 Å². The Balaban J connectivity index is 0.000000187. The zero-order valence-corrected chi connectivity index (χ0v) is 24.0. The normalized spacial score (nSPS) is 27.8. The van der Waals surface area contributed by atoms with Crippen molar-refractivity contribution in [2.45, 2.75) is 78.4 Å². The summed E-state index contributed by atoms with van der Waals surface area (Å²) in [7, 11) is 0. The van der Waals surface area contributed by atoms with Crippen LogP contribution in [0.25, 0.3) is 20.7 Å². The molecule has 187 valence electrons. The van der Waals surface area contributed by atoms with Gasteiger partial charge in [-0.15, -0.1) is 23.6 Å². The molecule has 2 saturated carbocycles. The van der Waals surface area contributed by atoms with Crippen LogP contribution >= 0.6 is 11.3 Å². The molecular formula is C29H38IrNO2S-. The number of hydrogen-bond donors (Lipinski definition) is 2. The fourth-order valence-corrected chi connectivity index (χ4v) is 6.71.